The summed E-state index contributed by atoms with van der Waals surface area (Å²) >= 11 is 0. The predicted octanol–water partition coefficient (Wildman–Crippen LogP) is 6.23. The van der Waals surface area contributed by atoms with E-state index in [1.165, 1.54) is 71.3 Å². The highest BCUT2D eigenvalue weighted by Gasteiger charge is 2.08. The van der Waals surface area contributed by atoms with E-state index in [0.717, 1.165) is 23.3 Å². The van der Waals surface area contributed by atoms with Crippen LogP contribution in [-0.2, 0) is 11.2 Å². The second-order valence-electron chi connectivity index (χ2n) is 6.84. The number of nitrogens with one attached hydrogen (secondary N) is 1. The number of carbonyl (C=O) groups excluding carboxylic acids is 1. The largest absolute Gasteiger partial charge is 0.465 e. The number of H-pyrrole nitrogens is 1. The molecule has 1 N–H and O–H groups in total. The Morgan fingerprint density at radius 3 is 2.23 bits per heavy atom. The lowest BCUT2D eigenvalue weighted by Gasteiger charge is -2.01. The minimum Gasteiger partial charge on any atom is -0.465 e. The Kier molecular flexibility index (Phi) is 11.0. The van der Waals surface area contributed by atoms with E-state index in [0.29, 0.717) is 5.56 Å². The highest BCUT2D eigenvalue weighted by molar-refractivity contribution is 5.93. The molecule has 0 aliphatic heterocycles. The number of ether oxygens (including phenoxy) is 1. The molecule has 0 saturated carbocycles. The molecule has 5 heteroatoms. The van der Waals surface area contributed by atoms with Crippen molar-refractivity contribution in [2.45, 2.75) is 77.6 Å². The Balaban J connectivity index is 0.00000338. The molecule has 1 heterocycles. The highest BCUT2D eigenvalue weighted by Crippen LogP contribution is 2.16. The molecule has 0 atom stereocenters. The van der Waals surface area contributed by atoms with Crippen molar-refractivity contribution in [2.24, 2.45) is 0 Å². The summed E-state index contributed by atoms with van der Waals surface area (Å²) in [6, 6.07) is 5.45. The number of benzene rings is 1. The van der Waals surface area contributed by atoms with Gasteiger partial charge in [-0.25, -0.2) is 9.78 Å². The van der Waals surface area contributed by atoms with Gasteiger partial charge in [0.05, 0.1) is 23.7 Å². The second-order valence-corrected chi connectivity index (χ2v) is 6.84. The van der Waals surface area contributed by atoms with Crippen LogP contribution in [0.4, 0.5) is 0 Å². The number of halogens is 1. The Labute approximate surface area is 163 Å². The van der Waals surface area contributed by atoms with Gasteiger partial charge in [-0.15, -0.1) is 12.4 Å². The standard InChI is InChI=1S/C21H32N2O2.ClH/c1-3-4-5-6-7-8-9-10-11-12-13-20-22-18-15-14-17(21(24)25-2)16-19(18)23-20;/h14-16H,3-13H2,1-2H3,(H,22,23);1H. The van der Waals surface area contributed by atoms with Crippen LogP contribution in [0.3, 0.4) is 0 Å². The molecular formula is C21H33ClN2O2. The van der Waals surface area contributed by atoms with Crippen LogP contribution in [0.5, 0.6) is 0 Å². The molecule has 4 nitrogen and oxygen atoms in total. The predicted molar refractivity (Wildman–Crippen MR) is 110 cm³/mol. The van der Waals surface area contributed by atoms with Crippen molar-refractivity contribution in [1.82, 2.24) is 9.97 Å². The average molecular weight is 381 g/mol. The van der Waals surface area contributed by atoms with E-state index in [1.54, 1.807) is 6.07 Å². The molecule has 2 aromatic rings. The summed E-state index contributed by atoms with van der Waals surface area (Å²) in [5, 5.41) is 0. The molecule has 0 unspecified atom stereocenters. The number of aromatic nitrogens is 2. The summed E-state index contributed by atoms with van der Waals surface area (Å²) in [7, 11) is 1.40. The number of esters is 1. The van der Waals surface area contributed by atoms with Gasteiger partial charge in [0.2, 0.25) is 0 Å². The van der Waals surface area contributed by atoms with Crippen molar-refractivity contribution in [3.05, 3.63) is 29.6 Å². The fraction of sp³-hybridized carbons (Fsp3) is 0.619. The first-order valence-corrected chi connectivity index (χ1v) is 9.81. The number of imidazole rings is 1. The molecule has 0 spiro atoms. The molecule has 0 saturated heterocycles. The quantitative estimate of drug-likeness (QED) is 0.350. The summed E-state index contributed by atoms with van der Waals surface area (Å²) in [6.45, 7) is 2.26. The van der Waals surface area contributed by atoms with Gasteiger partial charge >= 0.3 is 5.97 Å². The van der Waals surface area contributed by atoms with Gasteiger partial charge in [-0.3, -0.25) is 0 Å². The van der Waals surface area contributed by atoms with Gasteiger partial charge in [-0.05, 0) is 24.6 Å². The average Bonchev–Trinajstić information content (AvgIpc) is 3.04. The Morgan fingerprint density at radius 1 is 1.00 bits per heavy atom. The van der Waals surface area contributed by atoms with Gasteiger partial charge < -0.3 is 9.72 Å². The Hall–Kier alpha value is -1.55. The van der Waals surface area contributed by atoms with Crippen molar-refractivity contribution in [3.8, 4) is 0 Å². The number of fused-ring (bicyclic) bond motifs is 1. The van der Waals surface area contributed by atoms with E-state index in [2.05, 4.69) is 16.9 Å². The maximum absolute atomic E-state index is 11.6. The van der Waals surface area contributed by atoms with Crippen LogP contribution in [0.1, 0.15) is 87.3 Å². The summed E-state index contributed by atoms with van der Waals surface area (Å²) in [4.78, 5) is 19.5. The first kappa shape index (κ1) is 22.5. The lowest BCUT2D eigenvalue weighted by molar-refractivity contribution is 0.0601. The van der Waals surface area contributed by atoms with Crippen LogP contribution < -0.4 is 0 Å². The fourth-order valence-electron chi connectivity index (χ4n) is 3.21. The molecule has 0 radical (unpaired) electrons. The van der Waals surface area contributed by atoms with Gasteiger partial charge in [-0.1, -0.05) is 64.7 Å². The van der Waals surface area contributed by atoms with E-state index >= 15 is 0 Å². The van der Waals surface area contributed by atoms with Crippen LogP contribution in [0.25, 0.3) is 11.0 Å². The van der Waals surface area contributed by atoms with Crippen molar-refractivity contribution in [1.29, 1.82) is 0 Å². The zero-order chi connectivity index (χ0) is 17.9. The van der Waals surface area contributed by atoms with Crippen LogP contribution in [-0.4, -0.2) is 23.0 Å². The van der Waals surface area contributed by atoms with Crippen molar-refractivity contribution in [3.63, 3.8) is 0 Å². The molecule has 2 rings (SSSR count). The Bertz CT molecular complexity index is 654. The topological polar surface area (TPSA) is 55.0 Å². The number of aryl methyl sites for hydroxylation is 1. The van der Waals surface area contributed by atoms with E-state index in [-0.39, 0.29) is 18.4 Å². The number of nitrogens with zero attached hydrogens (tertiary/aromatic N) is 1. The molecule has 26 heavy (non-hydrogen) atoms. The van der Waals surface area contributed by atoms with E-state index in [1.807, 2.05) is 12.1 Å². The van der Waals surface area contributed by atoms with E-state index in [9.17, 15) is 4.79 Å². The third-order valence-electron chi connectivity index (χ3n) is 4.72. The molecule has 146 valence electrons. The molecule has 1 aromatic heterocycles. The third kappa shape index (κ3) is 7.36. The SMILES string of the molecule is CCCCCCCCCCCCc1nc2ccc(C(=O)OC)cc2[nH]1.Cl. The monoisotopic (exact) mass is 380 g/mol. The van der Waals surface area contributed by atoms with E-state index < -0.39 is 0 Å². The van der Waals surface area contributed by atoms with Crippen molar-refractivity contribution >= 4 is 29.4 Å². The molecule has 0 fully saturated rings. The number of methoxy groups -OCH3 is 1. The third-order valence-corrected chi connectivity index (χ3v) is 4.72. The molecule has 0 bridgehead atoms. The minimum absolute atomic E-state index is 0. The summed E-state index contributed by atoms with van der Waals surface area (Å²) in [5.41, 5.74) is 2.38. The number of hydrogen-bond acceptors (Lipinski definition) is 3. The second kappa shape index (κ2) is 12.7. The van der Waals surface area contributed by atoms with Gasteiger partial charge in [0.25, 0.3) is 0 Å². The molecular weight excluding hydrogens is 348 g/mol. The first-order valence-electron chi connectivity index (χ1n) is 9.81. The maximum atomic E-state index is 11.6. The molecule has 0 aliphatic rings. The zero-order valence-electron chi connectivity index (χ0n) is 16.2. The summed E-state index contributed by atoms with van der Waals surface area (Å²) < 4.78 is 4.76. The minimum atomic E-state index is -0.312. The van der Waals surface area contributed by atoms with Crippen LogP contribution in [0.15, 0.2) is 18.2 Å². The fourth-order valence-corrected chi connectivity index (χ4v) is 3.21. The lowest BCUT2D eigenvalue weighted by atomic mass is 10.1. The van der Waals surface area contributed by atoms with Gasteiger partial charge in [0.1, 0.15) is 5.82 Å². The lowest BCUT2D eigenvalue weighted by Crippen LogP contribution is -2.00. The van der Waals surface area contributed by atoms with Crippen LogP contribution in [0, 0.1) is 0 Å². The molecule has 0 amide bonds. The van der Waals surface area contributed by atoms with Crippen LogP contribution in [0.2, 0.25) is 0 Å². The van der Waals surface area contributed by atoms with Gasteiger partial charge in [0, 0.05) is 6.42 Å². The highest BCUT2D eigenvalue weighted by atomic mass is 35.5. The normalized spacial score (nSPS) is 10.7. The van der Waals surface area contributed by atoms with Gasteiger partial charge in [0.15, 0.2) is 0 Å². The first-order chi connectivity index (χ1) is 12.2. The number of unbranched alkanes of at least 4 members (excludes halogenated alkanes) is 9. The number of rotatable bonds is 12. The van der Waals surface area contributed by atoms with Crippen molar-refractivity contribution in [2.75, 3.05) is 7.11 Å². The smallest absolute Gasteiger partial charge is 0.337 e. The number of carbonyl (C=O) groups is 1. The maximum Gasteiger partial charge on any atom is 0.337 e. The van der Waals surface area contributed by atoms with Crippen molar-refractivity contribution < 1.29 is 9.53 Å². The summed E-state index contributed by atoms with van der Waals surface area (Å²) in [5.74, 6) is 0.698. The van der Waals surface area contributed by atoms with Gasteiger partial charge in [-0.2, -0.15) is 0 Å². The number of aromatic amines is 1. The summed E-state index contributed by atoms with van der Waals surface area (Å²) in [6.07, 6.45) is 14.4. The molecule has 0 aliphatic carbocycles. The van der Waals surface area contributed by atoms with E-state index in [4.69, 9.17) is 4.74 Å². The zero-order valence-corrected chi connectivity index (χ0v) is 17.0. The Morgan fingerprint density at radius 2 is 1.62 bits per heavy atom. The molecule has 1 aromatic carbocycles. The number of hydrogen-bond donors (Lipinski definition) is 1. The van der Waals surface area contributed by atoms with Crippen LogP contribution >= 0.6 is 12.4 Å².